The first kappa shape index (κ1) is 13.4. The Labute approximate surface area is 112 Å². The minimum absolute atomic E-state index is 0.187. The standard InChI is InChI=1S/C14H18N2O3/c1-4-14(5-2)12(17)16(13(18)15-14)10-6-8-11(19-3)9-7-10/h6-9H,4-5H2,1-3H3,(H,15,18). The molecular weight excluding hydrogens is 244 g/mol. The molecular formula is C14H18N2O3. The number of anilines is 1. The van der Waals surface area contributed by atoms with E-state index in [0.29, 0.717) is 24.3 Å². The Hall–Kier alpha value is -2.04. The van der Waals surface area contributed by atoms with E-state index in [1.165, 1.54) is 4.90 Å². The van der Waals surface area contributed by atoms with Gasteiger partial charge < -0.3 is 10.1 Å². The third-order valence-corrected chi connectivity index (χ3v) is 3.70. The second-order valence-electron chi connectivity index (χ2n) is 4.56. The van der Waals surface area contributed by atoms with Crippen molar-refractivity contribution in [1.29, 1.82) is 0 Å². The minimum atomic E-state index is -0.767. The molecule has 1 aliphatic rings. The number of benzene rings is 1. The molecule has 19 heavy (non-hydrogen) atoms. The summed E-state index contributed by atoms with van der Waals surface area (Å²) >= 11 is 0. The number of methoxy groups -OCH3 is 1. The SMILES string of the molecule is CCC1(CC)NC(=O)N(c2ccc(OC)cc2)C1=O. The third kappa shape index (κ3) is 2.05. The zero-order valence-corrected chi connectivity index (χ0v) is 11.4. The molecule has 1 aromatic carbocycles. The van der Waals surface area contributed by atoms with Crippen LogP contribution in [0.4, 0.5) is 10.5 Å². The van der Waals surface area contributed by atoms with Crippen molar-refractivity contribution in [2.24, 2.45) is 0 Å². The van der Waals surface area contributed by atoms with E-state index in [0.717, 1.165) is 0 Å². The monoisotopic (exact) mass is 262 g/mol. The lowest BCUT2D eigenvalue weighted by molar-refractivity contribution is -0.122. The molecule has 0 saturated carbocycles. The van der Waals surface area contributed by atoms with Crippen LogP contribution >= 0.6 is 0 Å². The number of ether oxygens (including phenoxy) is 1. The first-order valence-corrected chi connectivity index (χ1v) is 6.38. The molecule has 0 radical (unpaired) electrons. The second kappa shape index (κ2) is 4.91. The number of amides is 3. The first-order valence-electron chi connectivity index (χ1n) is 6.38. The van der Waals surface area contributed by atoms with E-state index >= 15 is 0 Å². The molecule has 0 unspecified atom stereocenters. The van der Waals surface area contributed by atoms with E-state index in [2.05, 4.69) is 5.32 Å². The Morgan fingerprint density at radius 1 is 1.16 bits per heavy atom. The molecule has 0 aromatic heterocycles. The molecule has 5 heteroatoms. The molecule has 3 amide bonds. The Morgan fingerprint density at radius 2 is 1.74 bits per heavy atom. The van der Waals surface area contributed by atoms with Crippen LogP contribution in [-0.2, 0) is 4.79 Å². The zero-order valence-electron chi connectivity index (χ0n) is 11.4. The second-order valence-corrected chi connectivity index (χ2v) is 4.56. The molecule has 1 fully saturated rings. The predicted octanol–water partition coefficient (Wildman–Crippen LogP) is 2.31. The van der Waals surface area contributed by atoms with Crippen LogP contribution in [-0.4, -0.2) is 24.6 Å². The normalized spacial score (nSPS) is 17.5. The number of urea groups is 1. The van der Waals surface area contributed by atoms with Gasteiger partial charge in [0, 0.05) is 0 Å². The van der Waals surface area contributed by atoms with Gasteiger partial charge in [0.05, 0.1) is 12.8 Å². The summed E-state index contributed by atoms with van der Waals surface area (Å²) in [6.45, 7) is 3.80. The highest BCUT2D eigenvalue weighted by Gasteiger charge is 2.49. The van der Waals surface area contributed by atoms with Crippen LogP contribution in [0.15, 0.2) is 24.3 Å². The molecule has 1 N–H and O–H groups in total. The van der Waals surface area contributed by atoms with Crippen molar-refractivity contribution in [3.05, 3.63) is 24.3 Å². The highest BCUT2D eigenvalue weighted by molar-refractivity contribution is 6.23. The van der Waals surface area contributed by atoms with Gasteiger partial charge in [-0.2, -0.15) is 0 Å². The van der Waals surface area contributed by atoms with Gasteiger partial charge in [-0.05, 0) is 37.1 Å². The molecule has 1 saturated heterocycles. The lowest BCUT2D eigenvalue weighted by Crippen LogP contribution is -2.45. The van der Waals surface area contributed by atoms with Crippen LogP contribution in [0.2, 0.25) is 0 Å². The molecule has 102 valence electrons. The number of imide groups is 1. The number of rotatable bonds is 4. The van der Waals surface area contributed by atoms with Crippen molar-refractivity contribution in [3.63, 3.8) is 0 Å². The summed E-state index contributed by atoms with van der Waals surface area (Å²) in [6, 6.07) is 6.51. The van der Waals surface area contributed by atoms with Gasteiger partial charge in [-0.3, -0.25) is 4.79 Å². The van der Waals surface area contributed by atoms with Crippen LogP contribution in [0, 0.1) is 0 Å². The number of hydrogen-bond acceptors (Lipinski definition) is 3. The zero-order chi connectivity index (χ0) is 14.0. The fraction of sp³-hybridized carbons (Fsp3) is 0.429. The van der Waals surface area contributed by atoms with Gasteiger partial charge in [0.15, 0.2) is 0 Å². The van der Waals surface area contributed by atoms with Gasteiger partial charge in [0.25, 0.3) is 5.91 Å². The number of nitrogens with one attached hydrogen (secondary N) is 1. The average Bonchev–Trinajstić information content (AvgIpc) is 2.70. The molecule has 0 spiro atoms. The molecule has 0 aliphatic carbocycles. The van der Waals surface area contributed by atoms with Gasteiger partial charge in [-0.25, -0.2) is 9.69 Å². The van der Waals surface area contributed by atoms with Crippen molar-refractivity contribution in [2.75, 3.05) is 12.0 Å². The van der Waals surface area contributed by atoms with Gasteiger partial charge in [-0.15, -0.1) is 0 Å². The maximum absolute atomic E-state index is 12.5. The number of carbonyl (C=O) groups excluding carboxylic acids is 2. The molecule has 0 bridgehead atoms. The lowest BCUT2D eigenvalue weighted by Gasteiger charge is -2.23. The van der Waals surface area contributed by atoms with E-state index in [-0.39, 0.29) is 11.9 Å². The van der Waals surface area contributed by atoms with E-state index in [1.54, 1.807) is 31.4 Å². The summed E-state index contributed by atoms with van der Waals surface area (Å²) in [5.41, 5.74) is -0.205. The Balaban J connectivity index is 2.34. The number of carbonyl (C=O) groups is 2. The molecule has 1 aromatic rings. The van der Waals surface area contributed by atoms with Crippen LogP contribution in [0.25, 0.3) is 0 Å². The minimum Gasteiger partial charge on any atom is -0.497 e. The maximum Gasteiger partial charge on any atom is 0.329 e. The van der Waals surface area contributed by atoms with Crippen molar-refractivity contribution in [2.45, 2.75) is 32.2 Å². The van der Waals surface area contributed by atoms with Gasteiger partial charge in [0.2, 0.25) is 0 Å². The van der Waals surface area contributed by atoms with Gasteiger partial charge >= 0.3 is 6.03 Å². The van der Waals surface area contributed by atoms with Crippen molar-refractivity contribution in [1.82, 2.24) is 5.32 Å². The van der Waals surface area contributed by atoms with E-state index in [4.69, 9.17) is 4.74 Å². The topological polar surface area (TPSA) is 58.6 Å². The summed E-state index contributed by atoms with van der Waals surface area (Å²) in [4.78, 5) is 25.7. The average molecular weight is 262 g/mol. The van der Waals surface area contributed by atoms with Crippen molar-refractivity contribution < 1.29 is 14.3 Å². The van der Waals surface area contributed by atoms with Crippen LogP contribution in [0.5, 0.6) is 5.75 Å². The Bertz CT molecular complexity index is 492. The third-order valence-electron chi connectivity index (χ3n) is 3.70. The van der Waals surface area contributed by atoms with Crippen LogP contribution in [0.3, 0.4) is 0 Å². The maximum atomic E-state index is 12.5. The van der Waals surface area contributed by atoms with E-state index < -0.39 is 5.54 Å². The smallest absolute Gasteiger partial charge is 0.329 e. The van der Waals surface area contributed by atoms with Gasteiger partial charge in [-0.1, -0.05) is 13.8 Å². The predicted molar refractivity (Wildman–Crippen MR) is 72.3 cm³/mol. The van der Waals surface area contributed by atoms with Crippen LogP contribution < -0.4 is 15.0 Å². The number of nitrogens with zero attached hydrogens (tertiary/aromatic N) is 1. The molecule has 2 rings (SSSR count). The fourth-order valence-electron chi connectivity index (χ4n) is 2.32. The van der Waals surface area contributed by atoms with E-state index in [1.807, 2.05) is 13.8 Å². The fourth-order valence-corrected chi connectivity index (χ4v) is 2.32. The van der Waals surface area contributed by atoms with Gasteiger partial charge in [0.1, 0.15) is 11.3 Å². The molecule has 1 heterocycles. The molecule has 5 nitrogen and oxygen atoms in total. The van der Waals surface area contributed by atoms with Crippen molar-refractivity contribution in [3.8, 4) is 5.75 Å². The quantitative estimate of drug-likeness (QED) is 0.847. The summed E-state index contributed by atoms with van der Waals surface area (Å²) in [5, 5.41) is 2.80. The largest absolute Gasteiger partial charge is 0.497 e. The summed E-state index contributed by atoms with van der Waals surface area (Å²) in [7, 11) is 1.57. The molecule has 0 atom stereocenters. The van der Waals surface area contributed by atoms with E-state index in [9.17, 15) is 9.59 Å². The molecule has 1 aliphatic heterocycles. The Kier molecular flexibility index (Phi) is 3.46. The van der Waals surface area contributed by atoms with Crippen LogP contribution in [0.1, 0.15) is 26.7 Å². The highest BCUT2D eigenvalue weighted by atomic mass is 16.5. The highest BCUT2D eigenvalue weighted by Crippen LogP contribution is 2.30. The lowest BCUT2D eigenvalue weighted by atomic mass is 9.93. The Morgan fingerprint density at radius 3 is 2.16 bits per heavy atom. The summed E-state index contributed by atoms with van der Waals surface area (Å²) in [6.07, 6.45) is 1.17. The first-order chi connectivity index (χ1) is 9.07. The number of hydrogen-bond donors (Lipinski definition) is 1. The summed E-state index contributed by atoms with van der Waals surface area (Å²) in [5.74, 6) is 0.501. The summed E-state index contributed by atoms with van der Waals surface area (Å²) < 4.78 is 5.06. The van der Waals surface area contributed by atoms with Crippen molar-refractivity contribution >= 4 is 17.6 Å².